The van der Waals surface area contributed by atoms with E-state index in [-0.39, 0.29) is 0 Å². The zero-order valence-electron chi connectivity index (χ0n) is 12.8. The van der Waals surface area contributed by atoms with Crippen molar-refractivity contribution < 1.29 is 0 Å². The summed E-state index contributed by atoms with van der Waals surface area (Å²) in [4.78, 5) is 0. The Kier molecular flexibility index (Phi) is 2.87. The molecule has 106 valence electrons. The van der Waals surface area contributed by atoms with Crippen molar-refractivity contribution in [2.45, 2.75) is 65.2 Å². The lowest BCUT2D eigenvalue weighted by Crippen LogP contribution is -2.49. The summed E-state index contributed by atoms with van der Waals surface area (Å²) in [6.45, 7) is 5.22. The highest BCUT2D eigenvalue weighted by molar-refractivity contribution is 5.07. The summed E-state index contributed by atoms with van der Waals surface area (Å²) < 4.78 is 0. The molecule has 0 nitrogen and oxygen atoms in total. The zero-order chi connectivity index (χ0) is 13.0. The fourth-order valence-corrected chi connectivity index (χ4v) is 6.85. The zero-order valence-corrected chi connectivity index (χ0v) is 12.8. The summed E-state index contributed by atoms with van der Waals surface area (Å²) in [6.07, 6.45) is 17.0. The predicted octanol–water partition coefficient (Wildman–Crippen LogP) is 5.44. The molecule has 1 unspecified atom stereocenters. The first kappa shape index (κ1) is 12.5. The van der Waals surface area contributed by atoms with E-state index in [1.54, 1.807) is 19.3 Å². The fraction of sp³-hybridized carbons (Fsp3) is 0.895. The van der Waals surface area contributed by atoms with Gasteiger partial charge in [0.25, 0.3) is 0 Å². The Balaban J connectivity index is 1.65. The molecule has 19 heavy (non-hydrogen) atoms. The molecule has 0 aliphatic heterocycles. The van der Waals surface area contributed by atoms with Gasteiger partial charge >= 0.3 is 0 Å². The van der Waals surface area contributed by atoms with Crippen LogP contribution < -0.4 is 0 Å². The van der Waals surface area contributed by atoms with E-state index in [4.69, 9.17) is 0 Å². The Morgan fingerprint density at radius 1 is 1.00 bits per heavy atom. The minimum absolute atomic E-state index is 0.729. The topological polar surface area (TPSA) is 0 Å². The van der Waals surface area contributed by atoms with Gasteiger partial charge in [-0.05, 0) is 85.9 Å². The van der Waals surface area contributed by atoms with Gasteiger partial charge in [0.1, 0.15) is 0 Å². The van der Waals surface area contributed by atoms with Crippen LogP contribution in [0.5, 0.6) is 0 Å². The molecule has 0 aromatic rings. The molecule has 4 aliphatic carbocycles. The van der Waals surface area contributed by atoms with Crippen LogP contribution in [0, 0.1) is 40.9 Å². The van der Waals surface area contributed by atoms with Crippen molar-refractivity contribution in [2.24, 2.45) is 40.9 Å². The molecule has 0 spiro atoms. The van der Waals surface area contributed by atoms with Crippen LogP contribution in [0.2, 0.25) is 0 Å². The van der Waals surface area contributed by atoms with Crippen LogP contribution in [0.25, 0.3) is 0 Å². The highest BCUT2D eigenvalue weighted by Gasteiger charge is 2.54. The predicted molar refractivity (Wildman–Crippen MR) is 80.8 cm³/mol. The number of hydrogen-bond acceptors (Lipinski definition) is 0. The average Bonchev–Trinajstić information content (AvgIpc) is 2.80. The minimum Gasteiger partial charge on any atom is -0.0882 e. The maximum absolute atomic E-state index is 2.63. The summed E-state index contributed by atoms with van der Waals surface area (Å²) in [7, 11) is 0. The van der Waals surface area contributed by atoms with E-state index >= 15 is 0 Å². The van der Waals surface area contributed by atoms with Crippen LogP contribution in [0.3, 0.4) is 0 Å². The number of allylic oxidation sites excluding steroid dienone is 2. The number of hydrogen-bond donors (Lipinski definition) is 0. The Labute approximate surface area is 119 Å². The van der Waals surface area contributed by atoms with Crippen molar-refractivity contribution >= 4 is 0 Å². The first-order valence-electron chi connectivity index (χ1n) is 8.84. The summed E-state index contributed by atoms with van der Waals surface area (Å²) in [5.41, 5.74) is 0.729. The van der Waals surface area contributed by atoms with Crippen molar-refractivity contribution in [3.63, 3.8) is 0 Å². The standard InChI is InChI=1S/C19H30/c1-13-12-14-6-3-4-7-15(14)16-9-11-19(2)10-5-8-17(19)18(13)16/h3-4,13-18H,5-12H2,1-2H3/t13-,14?,15+,16-,17+,18-,19+/m1/s1. The monoisotopic (exact) mass is 258 g/mol. The molecular formula is C19H30. The average molecular weight is 258 g/mol. The molecule has 0 heteroatoms. The summed E-state index contributed by atoms with van der Waals surface area (Å²) in [6, 6.07) is 0. The molecule has 0 saturated heterocycles. The lowest BCUT2D eigenvalue weighted by molar-refractivity contribution is -0.0678. The Morgan fingerprint density at radius 2 is 1.84 bits per heavy atom. The summed E-state index contributed by atoms with van der Waals surface area (Å²) in [5, 5.41) is 0. The second-order valence-electron chi connectivity index (χ2n) is 8.51. The largest absolute Gasteiger partial charge is 0.0882 e. The van der Waals surface area contributed by atoms with E-state index in [0.717, 1.165) is 40.9 Å². The van der Waals surface area contributed by atoms with Crippen molar-refractivity contribution in [1.82, 2.24) is 0 Å². The van der Waals surface area contributed by atoms with Gasteiger partial charge in [0.05, 0.1) is 0 Å². The lowest BCUT2D eigenvalue weighted by Gasteiger charge is -2.56. The molecule has 3 fully saturated rings. The second kappa shape index (κ2) is 4.37. The molecule has 0 aromatic heterocycles. The number of rotatable bonds is 0. The van der Waals surface area contributed by atoms with Crippen LogP contribution in [0.4, 0.5) is 0 Å². The van der Waals surface area contributed by atoms with Crippen LogP contribution >= 0.6 is 0 Å². The van der Waals surface area contributed by atoms with Gasteiger partial charge in [0.2, 0.25) is 0 Å². The molecule has 0 heterocycles. The molecule has 0 radical (unpaired) electrons. The molecule has 4 rings (SSSR count). The highest BCUT2D eigenvalue weighted by Crippen LogP contribution is 2.63. The van der Waals surface area contributed by atoms with Crippen LogP contribution in [-0.2, 0) is 0 Å². The highest BCUT2D eigenvalue weighted by atomic mass is 14.6. The van der Waals surface area contributed by atoms with Gasteiger partial charge in [0.15, 0.2) is 0 Å². The third kappa shape index (κ3) is 1.78. The van der Waals surface area contributed by atoms with Gasteiger partial charge in [-0.2, -0.15) is 0 Å². The Bertz CT molecular complexity index is 381. The van der Waals surface area contributed by atoms with Crippen molar-refractivity contribution in [3.8, 4) is 0 Å². The fourth-order valence-electron chi connectivity index (χ4n) is 6.85. The van der Waals surface area contributed by atoms with E-state index in [1.165, 1.54) is 32.1 Å². The van der Waals surface area contributed by atoms with Gasteiger partial charge < -0.3 is 0 Å². The quantitative estimate of drug-likeness (QED) is 0.507. The molecule has 0 N–H and O–H groups in total. The first-order valence-corrected chi connectivity index (χ1v) is 8.84. The molecule has 3 saturated carbocycles. The lowest BCUT2D eigenvalue weighted by atomic mass is 9.49. The molecule has 4 aliphatic rings. The second-order valence-corrected chi connectivity index (χ2v) is 8.51. The third-order valence-electron chi connectivity index (χ3n) is 7.67. The van der Waals surface area contributed by atoms with Crippen LogP contribution in [0.15, 0.2) is 12.2 Å². The maximum Gasteiger partial charge on any atom is -0.0295 e. The van der Waals surface area contributed by atoms with Gasteiger partial charge in [0, 0.05) is 0 Å². The molecular weight excluding hydrogens is 228 g/mol. The summed E-state index contributed by atoms with van der Waals surface area (Å²) >= 11 is 0. The Hall–Kier alpha value is -0.260. The molecule has 0 aromatic carbocycles. The van der Waals surface area contributed by atoms with E-state index in [2.05, 4.69) is 26.0 Å². The third-order valence-corrected chi connectivity index (χ3v) is 7.67. The normalized spacial score (nSPS) is 56.3. The van der Waals surface area contributed by atoms with Crippen LogP contribution in [0.1, 0.15) is 65.2 Å². The molecule has 0 amide bonds. The van der Waals surface area contributed by atoms with Gasteiger partial charge in [-0.25, -0.2) is 0 Å². The minimum atomic E-state index is 0.729. The molecule has 7 atom stereocenters. The van der Waals surface area contributed by atoms with Crippen molar-refractivity contribution in [3.05, 3.63) is 12.2 Å². The smallest absolute Gasteiger partial charge is 0.0295 e. The van der Waals surface area contributed by atoms with E-state index in [1.807, 2.05) is 0 Å². The summed E-state index contributed by atoms with van der Waals surface area (Å²) in [5.74, 6) is 6.32. The van der Waals surface area contributed by atoms with Crippen molar-refractivity contribution in [2.75, 3.05) is 0 Å². The van der Waals surface area contributed by atoms with Crippen LogP contribution in [-0.4, -0.2) is 0 Å². The Morgan fingerprint density at radius 3 is 2.74 bits per heavy atom. The SMILES string of the molecule is C[C@@H]1CC2CC=CC[C@@H]2[C@H]2CC[C@]3(C)CCC[C@H]3[C@@H]21. The first-order chi connectivity index (χ1) is 9.19. The maximum atomic E-state index is 2.63. The molecule has 0 bridgehead atoms. The van der Waals surface area contributed by atoms with Crippen molar-refractivity contribution in [1.29, 1.82) is 0 Å². The van der Waals surface area contributed by atoms with E-state index < -0.39 is 0 Å². The van der Waals surface area contributed by atoms with Gasteiger partial charge in [-0.1, -0.05) is 32.4 Å². The number of fused-ring (bicyclic) bond motifs is 5. The van der Waals surface area contributed by atoms with E-state index in [9.17, 15) is 0 Å². The van der Waals surface area contributed by atoms with Gasteiger partial charge in [-0.15, -0.1) is 0 Å². The van der Waals surface area contributed by atoms with Gasteiger partial charge in [-0.3, -0.25) is 0 Å². The van der Waals surface area contributed by atoms with E-state index in [0.29, 0.717) is 0 Å².